The minimum atomic E-state index is -0.261. The van der Waals surface area contributed by atoms with E-state index in [1.165, 1.54) is 0 Å². The number of carbonyl (C=O) groups excluding carboxylic acids is 1. The van der Waals surface area contributed by atoms with E-state index >= 15 is 0 Å². The molecule has 0 fully saturated rings. The van der Waals surface area contributed by atoms with Gasteiger partial charge in [0.15, 0.2) is 5.11 Å². The van der Waals surface area contributed by atoms with Gasteiger partial charge in [-0.3, -0.25) is 10.2 Å². The van der Waals surface area contributed by atoms with E-state index in [4.69, 9.17) is 17.0 Å². The van der Waals surface area contributed by atoms with Gasteiger partial charge in [-0.1, -0.05) is 18.2 Å². The summed E-state index contributed by atoms with van der Waals surface area (Å²) in [5.41, 5.74) is 4.61. The van der Waals surface area contributed by atoms with Crippen molar-refractivity contribution in [2.45, 2.75) is 20.4 Å². The van der Waals surface area contributed by atoms with Gasteiger partial charge in [-0.05, 0) is 32.1 Å². The van der Waals surface area contributed by atoms with Gasteiger partial charge < -0.3 is 14.6 Å². The highest BCUT2D eigenvalue weighted by molar-refractivity contribution is 7.80. The Kier molecular flexibility index (Phi) is 6.10. The van der Waals surface area contributed by atoms with Crippen LogP contribution in [0.15, 0.2) is 35.6 Å². The number of rotatable bonds is 6. The lowest BCUT2D eigenvalue weighted by Gasteiger charge is -2.04. The fraction of sp³-hybridized carbons (Fsp3) is 0.312. The zero-order valence-corrected chi connectivity index (χ0v) is 14.0. The van der Waals surface area contributed by atoms with Gasteiger partial charge in [0.25, 0.3) is 0 Å². The molecule has 0 spiro atoms. The molecule has 1 heterocycles. The van der Waals surface area contributed by atoms with Crippen molar-refractivity contribution in [3.05, 3.63) is 36.0 Å². The third-order valence-corrected chi connectivity index (χ3v) is 3.37. The van der Waals surface area contributed by atoms with Crippen LogP contribution in [0.5, 0.6) is 0 Å². The summed E-state index contributed by atoms with van der Waals surface area (Å²) < 4.78 is 6.87. The minimum Gasteiger partial charge on any atom is -0.465 e. The molecule has 1 aromatic heterocycles. The first-order valence-corrected chi connectivity index (χ1v) is 7.87. The Morgan fingerprint density at radius 2 is 2.17 bits per heavy atom. The lowest BCUT2D eigenvalue weighted by molar-refractivity contribution is -0.143. The lowest BCUT2D eigenvalue weighted by atomic mass is 10.2. The number of para-hydroxylation sites is 1. The molecule has 0 saturated heterocycles. The highest BCUT2D eigenvalue weighted by Crippen LogP contribution is 2.20. The molecular formula is C16H20N4O2S. The van der Waals surface area contributed by atoms with Gasteiger partial charge in [-0.15, -0.1) is 0 Å². The van der Waals surface area contributed by atoms with Gasteiger partial charge in [-0.2, -0.15) is 5.10 Å². The van der Waals surface area contributed by atoms with Gasteiger partial charge in [0.1, 0.15) is 6.54 Å². The SMILES string of the molecule is CCNC(=S)N/N=C\c1cn(CC(=O)OCC)c2ccccc12. The van der Waals surface area contributed by atoms with Crippen LogP contribution in [0.25, 0.3) is 10.9 Å². The maximum Gasteiger partial charge on any atom is 0.325 e. The van der Waals surface area contributed by atoms with Crippen LogP contribution in [-0.2, 0) is 16.1 Å². The third kappa shape index (κ3) is 4.53. The zero-order valence-electron chi connectivity index (χ0n) is 13.2. The fourth-order valence-corrected chi connectivity index (χ4v) is 2.41. The van der Waals surface area contributed by atoms with Gasteiger partial charge >= 0.3 is 5.97 Å². The first-order valence-electron chi connectivity index (χ1n) is 7.46. The molecule has 122 valence electrons. The van der Waals surface area contributed by atoms with Crippen LogP contribution in [-0.4, -0.2) is 35.0 Å². The Bertz CT molecular complexity index is 724. The molecule has 0 aliphatic heterocycles. The molecule has 2 rings (SSSR count). The topological polar surface area (TPSA) is 67.7 Å². The van der Waals surface area contributed by atoms with Crippen molar-refractivity contribution < 1.29 is 9.53 Å². The van der Waals surface area contributed by atoms with Crippen molar-refractivity contribution in [2.75, 3.05) is 13.2 Å². The van der Waals surface area contributed by atoms with Gasteiger partial charge in [-0.25, -0.2) is 0 Å². The predicted octanol–water partition coefficient (Wildman–Crippen LogP) is 2.02. The molecule has 2 aromatic rings. The number of ether oxygens (including phenoxy) is 1. The Labute approximate surface area is 140 Å². The molecule has 6 nitrogen and oxygen atoms in total. The fourth-order valence-electron chi connectivity index (χ4n) is 2.22. The highest BCUT2D eigenvalue weighted by Gasteiger charge is 2.10. The van der Waals surface area contributed by atoms with Crippen LogP contribution < -0.4 is 10.7 Å². The summed E-state index contributed by atoms with van der Waals surface area (Å²) in [5, 5.41) is 8.57. The molecular weight excluding hydrogens is 312 g/mol. The summed E-state index contributed by atoms with van der Waals surface area (Å²) in [6.45, 7) is 5.03. The maximum absolute atomic E-state index is 11.7. The number of fused-ring (bicyclic) bond motifs is 1. The summed E-state index contributed by atoms with van der Waals surface area (Å²) in [5.74, 6) is -0.261. The molecule has 0 unspecified atom stereocenters. The van der Waals surface area contributed by atoms with Gasteiger partial charge in [0, 0.05) is 29.2 Å². The maximum atomic E-state index is 11.7. The van der Waals surface area contributed by atoms with E-state index in [2.05, 4.69) is 15.8 Å². The van der Waals surface area contributed by atoms with Crippen molar-refractivity contribution in [3.8, 4) is 0 Å². The number of hydrogen-bond donors (Lipinski definition) is 2. The van der Waals surface area contributed by atoms with E-state index in [-0.39, 0.29) is 12.5 Å². The Balaban J connectivity index is 2.21. The predicted molar refractivity (Wildman–Crippen MR) is 95.6 cm³/mol. The monoisotopic (exact) mass is 332 g/mol. The van der Waals surface area contributed by atoms with Crippen molar-refractivity contribution >= 4 is 40.4 Å². The van der Waals surface area contributed by atoms with Gasteiger partial charge in [0.05, 0.1) is 12.8 Å². The van der Waals surface area contributed by atoms with Crippen LogP contribution >= 0.6 is 12.2 Å². The van der Waals surface area contributed by atoms with Crippen molar-refractivity contribution in [2.24, 2.45) is 5.10 Å². The summed E-state index contributed by atoms with van der Waals surface area (Å²) in [4.78, 5) is 11.7. The van der Waals surface area contributed by atoms with E-state index in [0.29, 0.717) is 11.7 Å². The van der Waals surface area contributed by atoms with Crippen molar-refractivity contribution in [3.63, 3.8) is 0 Å². The van der Waals surface area contributed by atoms with Crippen molar-refractivity contribution in [1.29, 1.82) is 0 Å². The number of nitrogens with zero attached hydrogens (tertiary/aromatic N) is 2. The molecule has 2 N–H and O–H groups in total. The number of thiocarbonyl (C=S) groups is 1. The number of esters is 1. The van der Waals surface area contributed by atoms with Crippen LogP contribution in [0.3, 0.4) is 0 Å². The second-order valence-corrected chi connectivity index (χ2v) is 5.17. The quantitative estimate of drug-likeness (QED) is 0.367. The molecule has 0 atom stereocenters. The molecule has 1 aromatic carbocycles. The average Bonchev–Trinajstić information content (AvgIpc) is 2.86. The molecule has 0 aliphatic rings. The summed E-state index contributed by atoms with van der Waals surface area (Å²) in [6, 6.07) is 7.83. The summed E-state index contributed by atoms with van der Waals surface area (Å²) in [6.07, 6.45) is 3.57. The second kappa shape index (κ2) is 8.28. The smallest absolute Gasteiger partial charge is 0.325 e. The van der Waals surface area contributed by atoms with E-state index < -0.39 is 0 Å². The number of carbonyl (C=O) groups is 1. The summed E-state index contributed by atoms with van der Waals surface area (Å²) in [7, 11) is 0. The average molecular weight is 332 g/mol. The van der Waals surface area contributed by atoms with Gasteiger partial charge in [0.2, 0.25) is 0 Å². The highest BCUT2D eigenvalue weighted by atomic mass is 32.1. The molecule has 0 bridgehead atoms. The number of benzene rings is 1. The summed E-state index contributed by atoms with van der Waals surface area (Å²) >= 11 is 5.05. The van der Waals surface area contributed by atoms with Crippen LogP contribution in [0.1, 0.15) is 19.4 Å². The standard InChI is InChI=1S/C16H20N4O2S/c1-3-17-16(23)19-18-9-12-10-20(11-15(21)22-4-2)14-8-6-5-7-13(12)14/h5-10H,3-4,11H2,1-2H3,(H2,17,19,23)/b18-9-. The molecule has 0 saturated carbocycles. The normalized spacial score (nSPS) is 10.9. The third-order valence-electron chi connectivity index (χ3n) is 3.13. The van der Waals surface area contributed by atoms with E-state index in [0.717, 1.165) is 23.0 Å². The molecule has 23 heavy (non-hydrogen) atoms. The molecule has 0 amide bonds. The van der Waals surface area contributed by atoms with E-state index in [1.807, 2.05) is 42.0 Å². The van der Waals surface area contributed by atoms with E-state index in [1.54, 1.807) is 13.1 Å². The first-order chi connectivity index (χ1) is 11.2. The minimum absolute atomic E-state index is 0.172. The molecule has 7 heteroatoms. The molecule has 0 aliphatic carbocycles. The largest absolute Gasteiger partial charge is 0.465 e. The van der Waals surface area contributed by atoms with Crippen LogP contribution in [0.4, 0.5) is 0 Å². The lowest BCUT2D eigenvalue weighted by Crippen LogP contribution is -2.31. The Morgan fingerprint density at radius 3 is 2.91 bits per heavy atom. The number of hydrogen-bond acceptors (Lipinski definition) is 4. The van der Waals surface area contributed by atoms with E-state index in [9.17, 15) is 4.79 Å². The first kappa shape index (κ1) is 17.0. The Hall–Kier alpha value is -2.41. The number of hydrazone groups is 1. The van der Waals surface area contributed by atoms with Crippen LogP contribution in [0.2, 0.25) is 0 Å². The van der Waals surface area contributed by atoms with Crippen molar-refractivity contribution in [1.82, 2.24) is 15.3 Å². The zero-order chi connectivity index (χ0) is 16.7. The number of aromatic nitrogens is 1. The Morgan fingerprint density at radius 1 is 1.39 bits per heavy atom. The number of nitrogens with one attached hydrogen (secondary N) is 2. The van der Waals surface area contributed by atoms with Crippen LogP contribution in [0, 0.1) is 0 Å². The molecule has 0 radical (unpaired) electrons. The second-order valence-electron chi connectivity index (χ2n) is 4.76.